The van der Waals surface area contributed by atoms with Crippen molar-refractivity contribution in [2.75, 3.05) is 14.2 Å². The van der Waals surface area contributed by atoms with Crippen molar-refractivity contribution >= 4 is 0 Å². The first-order valence-electron chi connectivity index (χ1n) is 2.68. The van der Waals surface area contributed by atoms with Gasteiger partial charge in [-0.25, -0.2) is 10.4 Å². The number of hydrazine groups is 1. The first-order chi connectivity index (χ1) is 3.84. The van der Waals surface area contributed by atoms with E-state index in [1.165, 1.54) is 0 Å². The van der Waals surface area contributed by atoms with Gasteiger partial charge in [0.05, 0.1) is 0 Å². The molecule has 1 fully saturated rings. The topological polar surface area (TPSA) is 24.5 Å². The van der Waals surface area contributed by atoms with E-state index in [0.29, 0.717) is 0 Å². The van der Waals surface area contributed by atoms with Gasteiger partial charge < -0.3 is 4.74 Å². The lowest BCUT2D eigenvalue weighted by Gasteiger charge is -2.15. The van der Waals surface area contributed by atoms with Crippen molar-refractivity contribution in [1.29, 1.82) is 0 Å². The highest BCUT2D eigenvalue weighted by Gasteiger charge is 2.18. The van der Waals surface area contributed by atoms with E-state index in [1.807, 2.05) is 18.6 Å². The van der Waals surface area contributed by atoms with E-state index in [-0.39, 0.29) is 6.23 Å². The van der Waals surface area contributed by atoms with E-state index in [4.69, 9.17) is 4.74 Å². The van der Waals surface area contributed by atoms with Crippen LogP contribution in [0.4, 0.5) is 0 Å². The lowest BCUT2D eigenvalue weighted by Crippen LogP contribution is -2.33. The highest BCUT2D eigenvalue weighted by atomic mass is 16.5. The molecule has 1 atom stereocenters. The lowest BCUT2D eigenvalue weighted by molar-refractivity contribution is -0.00777. The summed E-state index contributed by atoms with van der Waals surface area (Å²) in [6.45, 7) is 1.98. The third-order valence-electron chi connectivity index (χ3n) is 1.32. The van der Waals surface area contributed by atoms with Gasteiger partial charge >= 0.3 is 0 Å². The fourth-order valence-electron chi connectivity index (χ4n) is 0.793. The highest BCUT2D eigenvalue weighted by molar-refractivity contribution is 4.73. The van der Waals surface area contributed by atoms with Gasteiger partial charge in [-0.15, -0.1) is 0 Å². The molecule has 47 valence electrons. The number of nitrogens with zero attached hydrogens (tertiary/aromatic N) is 1. The van der Waals surface area contributed by atoms with Gasteiger partial charge in [0, 0.05) is 27.1 Å². The molecule has 3 nitrogen and oxygen atoms in total. The molecule has 0 saturated carbocycles. The standard InChI is InChI=1S/C5H11N2O/c1-7-5(8-2)3-4-6-7/h4-6H,3H2,1-2H3. The maximum absolute atomic E-state index is 5.06. The molecule has 0 amide bonds. The molecule has 0 aromatic heterocycles. The van der Waals surface area contributed by atoms with Crippen LogP contribution in [0.2, 0.25) is 0 Å². The zero-order valence-electron chi connectivity index (χ0n) is 5.22. The molecule has 1 saturated heterocycles. The molecular weight excluding hydrogens is 104 g/mol. The summed E-state index contributed by atoms with van der Waals surface area (Å²) in [4.78, 5) is 0. The molecular formula is C5H11N2O. The summed E-state index contributed by atoms with van der Waals surface area (Å²) in [5, 5.41) is 1.93. The number of hydrogen-bond acceptors (Lipinski definition) is 3. The van der Waals surface area contributed by atoms with Crippen LogP contribution in [0.1, 0.15) is 6.42 Å². The zero-order valence-corrected chi connectivity index (χ0v) is 5.22. The number of nitrogens with one attached hydrogen (secondary N) is 1. The molecule has 1 aliphatic heterocycles. The molecule has 1 unspecified atom stereocenters. The van der Waals surface area contributed by atoms with E-state index < -0.39 is 0 Å². The molecule has 0 aliphatic carbocycles. The molecule has 1 rings (SSSR count). The molecule has 0 bridgehead atoms. The quantitative estimate of drug-likeness (QED) is 0.519. The van der Waals surface area contributed by atoms with Crippen molar-refractivity contribution in [2.24, 2.45) is 0 Å². The van der Waals surface area contributed by atoms with E-state index in [0.717, 1.165) is 6.42 Å². The first-order valence-corrected chi connectivity index (χ1v) is 2.68. The normalized spacial score (nSPS) is 31.5. The minimum atomic E-state index is 0.231. The molecule has 1 N–H and O–H groups in total. The summed E-state index contributed by atoms with van der Waals surface area (Å²) >= 11 is 0. The SMILES string of the molecule is COC1C[CH]NN1C. The van der Waals surface area contributed by atoms with Crippen LogP contribution in [0.3, 0.4) is 0 Å². The Kier molecular flexibility index (Phi) is 1.83. The second kappa shape index (κ2) is 2.44. The van der Waals surface area contributed by atoms with Crippen molar-refractivity contribution < 1.29 is 4.74 Å². The van der Waals surface area contributed by atoms with Gasteiger partial charge in [-0.1, -0.05) is 0 Å². The Bertz CT molecular complexity index is 76.8. The second-order valence-electron chi connectivity index (χ2n) is 1.87. The monoisotopic (exact) mass is 115 g/mol. The fourth-order valence-corrected chi connectivity index (χ4v) is 0.793. The Hall–Kier alpha value is -0.120. The highest BCUT2D eigenvalue weighted by Crippen LogP contribution is 2.07. The van der Waals surface area contributed by atoms with Crippen molar-refractivity contribution in [3.8, 4) is 0 Å². The van der Waals surface area contributed by atoms with Crippen molar-refractivity contribution in [2.45, 2.75) is 12.6 Å². The van der Waals surface area contributed by atoms with E-state index >= 15 is 0 Å². The van der Waals surface area contributed by atoms with Crippen LogP contribution in [-0.4, -0.2) is 25.4 Å². The van der Waals surface area contributed by atoms with E-state index in [9.17, 15) is 0 Å². The minimum absolute atomic E-state index is 0.231. The Morgan fingerprint density at radius 2 is 2.62 bits per heavy atom. The summed E-state index contributed by atoms with van der Waals surface area (Å²) in [5.41, 5.74) is 3.00. The molecule has 1 heterocycles. The Morgan fingerprint density at radius 1 is 1.88 bits per heavy atom. The summed E-state index contributed by atoms with van der Waals surface area (Å²) < 4.78 is 5.06. The van der Waals surface area contributed by atoms with E-state index in [2.05, 4.69) is 5.43 Å². The predicted octanol–water partition coefficient (Wildman–Crippen LogP) is -0.0392. The third-order valence-corrected chi connectivity index (χ3v) is 1.32. The maximum Gasteiger partial charge on any atom is 0.123 e. The predicted molar refractivity (Wildman–Crippen MR) is 30.6 cm³/mol. The summed E-state index contributed by atoms with van der Waals surface area (Å²) in [6, 6.07) is 0. The average Bonchev–Trinajstić information content (AvgIpc) is 2.14. The minimum Gasteiger partial charge on any atom is -0.365 e. The zero-order chi connectivity index (χ0) is 5.98. The second-order valence-corrected chi connectivity index (χ2v) is 1.87. The van der Waals surface area contributed by atoms with Crippen LogP contribution in [0.15, 0.2) is 0 Å². The van der Waals surface area contributed by atoms with Crippen LogP contribution in [0.25, 0.3) is 0 Å². The summed E-state index contributed by atoms with van der Waals surface area (Å²) in [6.07, 6.45) is 1.20. The number of ether oxygens (including phenoxy) is 1. The molecule has 0 spiro atoms. The van der Waals surface area contributed by atoms with Crippen LogP contribution >= 0.6 is 0 Å². The molecule has 1 radical (unpaired) electrons. The van der Waals surface area contributed by atoms with E-state index in [1.54, 1.807) is 7.11 Å². The number of rotatable bonds is 1. The molecule has 0 aromatic rings. The van der Waals surface area contributed by atoms with Crippen molar-refractivity contribution in [1.82, 2.24) is 10.4 Å². The van der Waals surface area contributed by atoms with Crippen LogP contribution in [-0.2, 0) is 4.74 Å². The molecule has 0 aromatic carbocycles. The number of hydrogen-bond donors (Lipinski definition) is 1. The average molecular weight is 115 g/mol. The van der Waals surface area contributed by atoms with Gasteiger partial charge in [0.15, 0.2) is 0 Å². The maximum atomic E-state index is 5.06. The van der Waals surface area contributed by atoms with Crippen molar-refractivity contribution in [3.63, 3.8) is 0 Å². The summed E-state index contributed by atoms with van der Waals surface area (Å²) in [5.74, 6) is 0. The van der Waals surface area contributed by atoms with Gasteiger partial charge in [0.25, 0.3) is 0 Å². The van der Waals surface area contributed by atoms with Gasteiger partial charge in [0.2, 0.25) is 0 Å². The largest absolute Gasteiger partial charge is 0.365 e. The summed E-state index contributed by atoms with van der Waals surface area (Å²) in [7, 11) is 3.67. The number of methoxy groups -OCH3 is 1. The molecule has 3 heteroatoms. The molecule has 1 aliphatic rings. The van der Waals surface area contributed by atoms with Gasteiger partial charge in [-0.2, -0.15) is 0 Å². The molecule has 8 heavy (non-hydrogen) atoms. The van der Waals surface area contributed by atoms with Crippen LogP contribution in [0, 0.1) is 6.54 Å². The first kappa shape index (κ1) is 6.01. The van der Waals surface area contributed by atoms with Crippen LogP contribution in [0.5, 0.6) is 0 Å². The van der Waals surface area contributed by atoms with Crippen molar-refractivity contribution in [3.05, 3.63) is 6.54 Å². The van der Waals surface area contributed by atoms with Crippen LogP contribution < -0.4 is 5.43 Å². The third kappa shape index (κ3) is 0.992. The van der Waals surface area contributed by atoms with Gasteiger partial charge in [-0.3, -0.25) is 0 Å². The Morgan fingerprint density at radius 3 is 2.88 bits per heavy atom. The Labute approximate surface area is 49.6 Å². The smallest absolute Gasteiger partial charge is 0.123 e. The lowest BCUT2D eigenvalue weighted by atomic mass is 10.4. The van der Waals surface area contributed by atoms with Gasteiger partial charge in [-0.05, 0) is 0 Å². The Balaban J connectivity index is 2.30. The van der Waals surface area contributed by atoms with Gasteiger partial charge in [0.1, 0.15) is 6.23 Å². The fraction of sp³-hybridized carbons (Fsp3) is 0.800.